The number of hydrogen-bond acceptors (Lipinski definition) is 3. The normalized spacial score (nSPS) is 13.6. The van der Waals surface area contributed by atoms with Crippen LogP contribution in [0.15, 0.2) is 11.6 Å². The molecular formula is C9H16N2O2. The summed E-state index contributed by atoms with van der Waals surface area (Å²) in [4.78, 5) is 21.3. The molecule has 0 saturated heterocycles. The Labute approximate surface area is 78.2 Å². The Hall–Kier alpha value is -1.16. The second-order valence-corrected chi connectivity index (χ2v) is 2.86. The van der Waals surface area contributed by atoms with Crippen molar-refractivity contribution >= 4 is 12.2 Å². The SMILES string of the molecule is CC=C(C(=O)NN)C(C)CCC=O. The van der Waals surface area contributed by atoms with Crippen LogP contribution in [0.1, 0.15) is 26.7 Å². The van der Waals surface area contributed by atoms with Gasteiger partial charge in [0.15, 0.2) is 0 Å². The lowest BCUT2D eigenvalue weighted by atomic mass is 9.95. The van der Waals surface area contributed by atoms with Crippen LogP contribution >= 0.6 is 0 Å². The van der Waals surface area contributed by atoms with E-state index in [9.17, 15) is 9.59 Å². The number of amides is 1. The number of carbonyl (C=O) groups is 2. The number of hydrazine groups is 1. The van der Waals surface area contributed by atoms with Crippen molar-refractivity contribution in [2.45, 2.75) is 26.7 Å². The van der Waals surface area contributed by atoms with E-state index in [0.29, 0.717) is 18.4 Å². The summed E-state index contributed by atoms with van der Waals surface area (Å²) < 4.78 is 0. The van der Waals surface area contributed by atoms with Crippen LogP contribution in [0, 0.1) is 5.92 Å². The summed E-state index contributed by atoms with van der Waals surface area (Å²) in [6, 6.07) is 0. The Morgan fingerprint density at radius 3 is 2.62 bits per heavy atom. The summed E-state index contributed by atoms with van der Waals surface area (Å²) >= 11 is 0. The van der Waals surface area contributed by atoms with E-state index in [1.807, 2.05) is 6.92 Å². The van der Waals surface area contributed by atoms with E-state index in [0.717, 1.165) is 6.29 Å². The van der Waals surface area contributed by atoms with Gasteiger partial charge in [-0.25, -0.2) is 5.84 Å². The van der Waals surface area contributed by atoms with E-state index < -0.39 is 0 Å². The van der Waals surface area contributed by atoms with Gasteiger partial charge in [-0.15, -0.1) is 0 Å². The number of carbonyl (C=O) groups excluding carboxylic acids is 2. The van der Waals surface area contributed by atoms with Gasteiger partial charge in [-0.1, -0.05) is 13.0 Å². The first kappa shape index (κ1) is 11.8. The quantitative estimate of drug-likeness (QED) is 0.215. The molecule has 0 aromatic carbocycles. The molecule has 0 spiro atoms. The molecule has 0 aliphatic heterocycles. The molecule has 0 aliphatic carbocycles. The van der Waals surface area contributed by atoms with Crippen molar-refractivity contribution in [3.8, 4) is 0 Å². The van der Waals surface area contributed by atoms with Crippen LogP contribution in [-0.4, -0.2) is 12.2 Å². The lowest BCUT2D eigenvalue weighted by Gasteiger charge is -2.12. The summed E-state index contributed by atoms with van der Waals surface area (Å²) in [6.07, 6.45) is 3.72. The highest BCUT2D eigenvalue weighted by Gasteiger charge is 2.14. The number of nitrogens with one attached hydrogen (secondary N) is 1. The van der Waals surface area contributed by atoms with Gasteiger partial charge in [-0.05, 0) is 19.3 Å². The lowest BCUT2D eigenvalue weighted by molar-refractivity contribution is -0.118. The zero-order valence-corrected chi connectivity index (χ0v) is 8.04. The molecule has 1 atom stereocenters. The first-order valence-corrected chi connectivity index (χ1v) is 4.28. The fourth-order valence-corrected chi connectivity index (χ4v) is 1.20. The molecule has 1 amide bonds. The fourth-order valence-electron chi connectivity index (χ4n) is 1.20. The van der Waals surface area contributed by atoms with E-state index >= 15 is 0 Å². The fraction of sp³-hybridized carbons (Fsp3) is 0.556. The number of allylic oxidation sites excluding steroid dienone is 1. The highest BCUT2D eigenvalue weighted by atomic mass is 16.2. The number of rotatable bonds is 5. The van der Waals surface area contributed by atoms with Gasteiger partial charge >= 0.3 is 0 Å². The largest absolute Gasteiger partial charge is 0.303 e. The van der Waals surface area contributed by atoms with E-state index in [4.69, 9.17) is 5.84 Å². The number of hydrogen-bond donors (Lipinski definition) is 2. The third-order valence-corrected chi connectivity index (χ3v) is 1.95. The molecular weight excluding hydrogens is 168 g/mol. The van der Waals surface area contributed by atoms with Gasteiger partial charge in [-0.3, -0.25) is 10.2 Å². The van der Waals surface area contributed by atoms with E-state index in [-0.39, 0.29) is 11.8 Å². The molecule has 0 bridgehead atoms. The molecule has 13 heavy (non-hydrogen) atoms. The predicted octanol–water partition coefficient (Wildman–Crippen LogP) is 0.538. The lowest BCUT2D eigenvalue weighted by Crippen LogP contribution is -2.33. The van der Waals surface area contributed by atoms with Crippen LogP contribution in [0.25, 0.3) is 0 Å². The monoisotopic (exact) mass is 184 g/mol. The van der Waals surface area contributed by atoms with Crippen LogP contribution < -0.4 is 11.3 Å². The Bertz CT molecular complexity index is 212. The molecule has 74 valence electrons. The standard InChI is InChI=1S/C9H16N2O2/c1-3-8(9(13)11-10)7(2)5-4-6-12/h3,6-7H,4-5,10H2,1-2H3,(H,11,13). The average Bonchev–Trinajstić information content (AvgIpc) is 2.15. The van der Waals surface area contributed by atoms with Gasteiger partial charge < -0.3 is 4.79 Å². The van der Waals surface area contributed by atoms with Crippen molar-refractivity contribution in [3.05, 3.63) is 11.6 Å². The molecule has 0 rings (SSSR count). The summed E-state index contributed by atoms with van der Waals surface area (Å²) in [5.74, 6) is 4.80. The van der Waals surface area contributed by atoms with Crippen LogP contribution in [0.4, 0.5) is 0 Å². The molecule has 0 radical (unpaired) electrons. The molecule has 4 nitrogen and oxygen atoms in total. The third-order valence-electron chi connectivity index (χ3n) is 1.95. The number of nitrogens with two attached hydrogens (primary N) is 1. The predicted molar refractivity (Wildman–Crippen MR) is 50.5 cm³/mol. The highest BCUT2D eigenvalue weighted by Crippen LogP contribution is 2.15. The van der Waals surface area contributed by atoms with Crippen molar-refractivity contribution in [2.75, 3.05) is 0 Å². The van der Waals surface area contributed by atoms with E-state index in [1.165, 1.54) is 0 Å². The van der Waals surface area contributed by atoms with Crippen molar-refractivity contribution in [2.24, 2.45) is 11.8 Å². The summed E-state index contributed by atoms with van der Waals surface area (Å²) in [5.41, 5.74) is 2.71. The van der Waals surface area contributed by atoms with Crippen molar-refractivity contribution in [3.63, 3.8) is 0 Å². The molecule has 3 N–H and O–H groups in total. The van der Waals surface area contributed by atoms with Gasteiger partial charge in [-0.2, -0.15) is 0 Å². The Balaban J connectivity index is 4.24. The molecule has 0 aromatic heterocycles. The zero-order chi connectivity index (χ0) is 10.3. The minimum Gasteiger partial charge on any atom is -0.303 e. The smallest absolute Gasteiger partial charge is 0.261 e. The maximum Gasteiger partial charge on any atom is 0.261 e. The molecule has 0 heterocycles. The maximum absolute atomic E-state index is 11.2. The maximum atomic E-state index is 11.2. The Kier molecular flexibility index (Phi) is 5.80. The Morgan fingerprint density at radius 1 is 1.62 bits per heavy atom. The van der Waals surface area contributed by atoms with Gasteiger partial charge in [0.2, 0.25) is 0 Å². The zero-order valence-electron chi connectivity index (χ0n) is 8.04. The molecule has 4 heteroatoms. The molecule has 0 saturated carbocycles. The highest BCUT2D eigenvalue weighted by molar-refractivity contribution is 5.93. The molecule has 0 aromatic rings. The van der Waals surface area contributed by atoms with Crippen LogP contribution in [-0.2, 0) is 9.59 Å². The minimum atomic E-state index is -0.277. The third kappa shape index (κ3) is 3.85. The van der Waals surface area contributed by atoms with E-state index in [2.05, 4.69) is 5.43 Å². The van der Waals surface area contributed by atoms with Gasteiger partial charge in [0.05, 0.1) is 0 Å². The average molecular weight is 184 g/mol. The second-order valence-electron chi connectivity index (χ2n) is 2.86. The second kappa shape index (κ2) is 6.37. The van der Waals surface area contributed by atoms with Crippen LogP contribution in [0.3, 0.4) is 0 Å². The summed E-state index contributed by atoms with van der Waals surface area (Å²) in [5, 5.41) is 0. The summed E-state index contributed by atoms with van der Waals surface area (Å²) in [7, 11) is 0. The minimum absolute atomic E-state index is 0.0683. The van der Waals surface area contributed by atoms with Crippen LogP contribution in [0.5, 0.6) is 0 Å². The van der Waals surface area contributed by atoms with Gasteiger partial charge in [0, 0.05) is 12.0 Å². The van der Waals surface area contributed by atoms with Gasteiger partial charge in [0.1, 0.15) is 6.29 Å². The van der Waals surface area contributed by atoms with Crippen molar-refractivity contribution in [1.82, 2.24) is 5.43 Å². The molecule has 0 aliphatic rings. The first-order valence-electron chi connectivity index (χ1n) is 4.28. The number of aldehydes is 1. The van der Waals surface area contributed by atoms with Crippen molar-refractivity contribution < 1.29 is 9.59 Å². The van der Waals surface area contributed by atoms with E-state index in [1.54, 1.807) is 13.0 Å². The molecule has 1 unspecified atom stereocenters. The van der Waals surface area contributed by atoms with Gasteiger partial charge in [0.25, 0.3) is 5.91 Å². The summed E-state index contributed by atoms with van der Waals surface area (Å²) in [6.45, 7) is 3.68. The van der Waals surface area contributed by atoms with Crippen LogP contribution in [0.2, 0.25) is 0 Å². The molecule has 0 fully saturated rings. The first-order chi connectivity index (χ1) is 6.17. The topological polar surface area (TPSA) is 72.2 Å². The van der Waals surface area contributed by atoms with Crippen molar-refractivity contribution in [1.29, 1.82) is 0 Å². The Morgan fingerprint density at radius 2 is 2.23 bits per heavy atom.